The predicted octanol–water partition coefficient (Wildman–Crippen LogP) is 4.89. The molecule has 0 saturated carbocycles. The summed E-state index contributed by atoms with van der Waals surface area (Å²) >= 11 is 9.29. The summed E-state index contributed by atoms with van der Waals surface area (Å²) in [5.41, 5.74) is 1.27. The second-order valence-corrected chi connectivity index (χ2v) is 5.32. The van der Waals surface area contributed by atoms with Crippen LogP contribution in [0.15, 0.2) is 53.0 Å². The van der Waals surface area contributed by atoms with Gasteiger partial charge < -0.3 is 5.32 Å². The first-order valence-electron chi connectivity index (χ1n) is 5.74. The van der Waals surface area contributed by atoms with Crippen molar-refractivity contribution >= 4 is 45.2 Å². The lowest BCUT2D eigenvalue weighted by atomic mass is 10.2. The number of hydrogen-bond acceptors (Lipinski definition) is 1. The summed E-state index contributed by atoms with van der Waals surface area (Å²) in [4.78, 5) is 11.7. The second-order valence-electron chi connectivity index (χ2n) is 4.00. The topological polar surface area (TPSA) is 29.1 Å². The van der Waals surface area contributed by atoms with Gasteiger partial charge in [0.05, 0.1) is 10.7 Å². The molecule has 0 unspecified atom stereocenters. The normalized spacial score (nSPS) is 10.8. The molecule has 0 fully saturated rings. The van der Waals surface area contributed by atoms with Crippen molar-refractivity contribution < 1.29 is 9.18 Å². The van der Waals surface area contributed by atoms with Gasteiger partial charge in [-0.15, -0.1) is 0 Å². The number of anilines is 1. The third kappa shape index (κ3) is 4.18. The smallest absolute Gasteiger partial charge is 0.248 e. The van der Waals surface area contributed by atoms with Gasteiger partial charge in [0.1, 0.15) is 5.82 Å². The van der Waals surface area contributed by atoms with Gasteiger partial charge in [-0.3, -0.25) is 4.79 Å². The largest absolute Gasteiger partial charge is 0.321 e. The van der Waals surface area contributed by atoms with E-state index in [2.05, 4.69) is 21.2 Å². The molecule has 5 heteroatoms. The van der Waals surface area contributed by atoms with Gasteiger partial charge >= 0.3 is 0 Å². The van der Waals surface area contributed by atoms with Crippen LogP contribution >= 0.6 is 27.5 Å². The molecule has 2 rings (SSSR count). The van der Waals surface area contributed by atoms with E-state index in [1.807, 2.05) is 0 Å². The van der Waals surface area contributed by atoms with Gasteiger partial charge in [-0.1, -0.05) is 39.7 Å². The zero-order valence-electron chi connectivity index (χ0n) is 10.2. The summed E-state index contributed by atoms with van der Waals surface area (Å²) < 4.78 is 13.6. The van der Waals surface area contributed by atoms with Gasteiger partial charge in [-0.2, -0.15) is 0 Å². The number of benzene rings is 2. The number of carbonyl (C=O) groups excluding carboxylic acids is 1. The molecule has 2 nitrogen and oxygen atoms in total. The molecular weight excluding hydrogens is 345 g/mol. The molecule has 1 N–H and O–H groups in total. The van der Waals surface area contributed by atoms with E-state index in [9.17, 15) is 9.18 Å². The zero-order chi connectivity index (χ0) is 14.5. The number of rotatable bonds is 3. The molecular formula is C15H10BrClFNO. The molecule has 0 aromatic heterocycles. The van der Waals surface area contributed by atoms with Crippen molar-refractivity contribution in [2.45, 2.75) is 0 Å². The minimum absolute atomic E-state index is 0.307. The van der Waals surface area contributed by atoms with E-state index < -0.39 is 0 Å². The molecule has 0 saturated heterocycles. The van der Waals surface area contributed by atoms with Crippen molar-refractivity contribution in [2.24, 2.45) is 0 Å². The van der Waals surface area contributed by atoms with E-state index in [1.165, 1.54) is 18.2 Å². The molecule has 2 aromatic rings. The van der Waals surface area contributed by atoms with Crippen LogP contribution in [-0.2, 0) is 4.79 Å². The highest BCUT2D eigenvalue weighted by molar-refractivity contribution is 9.10. The van der Waals surface area contributed by atoms with Crippen LogP contribution in [0.5, 0.6) is 0 Å². The predicted molar refractivity (Wildman–Crippen MR) is 83.2 cm³/mol. The Morgan fingerprint density at radius 2 is 1.90 bits per heavy atom. The van der Waals surface area contributed by atoms with Crippen molar-refractivity contribution in [3.05, 3.63) is 69.4 Å². The van der Waals surface area contributed by atoms with Crippen LogP contribution in [0.4, 0.5) is 10.1 Å². The quantitative estimate of drug-likeness (QED) is 0.781. The van der Waals surface area contributed by atoms with Gasteiger partial charge in [0, 0.05) is 10.5 Å². The molecule has 0 heterocycles. The van der Waals surface area contributed by atoms with E-state index in [1.54, 1.807) is 36.4 Å². The highest BCUT2D eigenvalue weighted by atomic mass is 79.9. The van der Waals surface area contributed by atoms with Crippen LogP contribution in [0.2, 0.25) is 5.02 Å². The molecule has 0 radical (unpaired) electrons. The molecule has 0 spiro atoms. The Morgan fingerprint density at radius 1 is 1.20 bits per heavy atom. The van der Waals surface area contributed by atoms with Crippen LogP contribution in [0.25, 0.3) is 6.08 Å². The van der Waals surface area contributed by atoms with E-state index >= 15 is 0 Å². The molecule has 20 heavy (non-hydrogen) atoms. The van der Waals surface area contributed by atoms with E-state index in [0.717, 1.165) is 10.0 Å². The van der Waals surface area contributed by atoms with Crippen LogP contribution < -0.4 is 5.32 Å². The van der Waals surface area contributed by atoms with Gasteiger partial charge in [-0.05, 0) is 42.0 Å². The minimum Gasteiger partial charge on any atom is -0.321 e. The summed E-state index contributed by atoms with van der Waals surface area (Å²) in [5.74, 6) is -0.619. The van der Waals surface area contributed by atoms with Crippen LogP contribution in [0.1, 0.15) is 5.56 Å². The Hall–Kier alpha value is -1.65. The number of halogens is 3. The van der Waals surface area contributed by atoms with E-state index in [4.69, 9.17) is 11.6 Å². The number of hydrogen-bond donors (Lipinski definition) is 1. The summed E-state index contributed by atoms with van der Waals surface area (Å²) in [7, 11) is 0. The molecule has 0 atom stereocenters. The van der Waals surface area contributed by atoms with Gasteiger partial charge in [-0.25, -0.2) is 4.39 Å². The standard InChI is InChI=1S/C15H10BrClFNO/c16-11-4-7-14(13(17)9-11)19-15(20)8-3-10-1-5-12(18)6-2-10/h1-9H,(H,19,20). The van der Waals surface area contributed by atoms with Gasteiger partial charge in [0.2, 0.25) is 5.91 Å². The molecule has 0 bridgehead atoms. The average molecular weight is 355 g/mol. The number of amides is 1. The zero-order valence-corrected chi connectivity index (χ0v) is 12.6. The monoisotopic (exact) mass is 353 g/mol. The van der Waals surface area contributed by atoms with Crippen LogP contribution in [-0.4, -0.2) is 5.91 Å². The third-order valence-electron chi connectivity index (χ3n) is 2.49. The Balaban J connectivity index is 2.03. The minimum atomic E-state index is -0.312. The van der Waals surface area contributed by atoms with Crippen molar-refractivity contribution in [3.8, 4) is 0 Å². The fourth-order valence-electron chi connectivity index (χ4n) is 1.51. The summed E-state index contributed by atoms with van der Waals surface area (Å²) in [6, 6.07) is 11.0. The molecule has 0 aliphatic carbocycles. The van der Waals surface area contributed by atoms with Crippen molar-refractivity contribution in [3.63, 3.8) is 0 Å². The third-order valence-corrected chi connectivity index (χ3v) is 3.29. The first kappa shape index (κ1) is 14.8. The summed E-state index contributed by atoms with van der Waals surface area (Å²) in [6.45, 7) is 0. The highest BCUT2D eigenvalue weighted by Gasteiger charge is 2.03. The van der Waals surface area contributed by atoms with E-state index in [0.29, 0.717) is 10.7 Å². The lowest BCUT2D eigenvalue weighted by Gasteiger charge is -2.05. The Bertz CT molecular complexity index is 655. The fourth-order valence-corrected chi connectivity index (χ4v) is 2.23. The van der Waals surface area contributed by atoms with Crippen LogP contribution in [0, 0.1) is 5.82 Å². The maximum absolute atomic E-state index is 12.7. The average Bonchev–Trinajstić information content (AvgIpc) is 2.41. The SMILES string of the molecule is O=C(C=Cc1ccc(F)cc1)Nc1ccc(Br)cc1Cl. The van der Waals surface area contributed by atoms with Crippen molar-refractivity contribution in [1.29, 1.82) is 0 Å². The van der Waals surface area contributed by atoms with E-state index in [-0.39, 0.29) is 11.7 Å². The molecule has 0 aliphatic rings. The van der Waals surface area contributed by atoms with Crippen molar-refractivity contribution in [1.82, 2.24) is 0 Å². The lowest BCUT2D eigenvalue weighted by Crippen LogP contribution is -2.08. The summed E-state index contributed by atoms with van der Waals surface area (Å²) in [5, 5.41) is 3.11. The van der Waals surface area contributed by atoms with Gasteiger partial charge in [0.25, 0.3) is 0 Å². The maximum atomic E-state index is 12.7. The number of nitrogens with one attached hydrogen (secondary N) is 1. The fraction of sp³-hybridized carbons (Fsp3) is 0. The Kier molecular flexibility index (Phi) is 4.93. The van der Waals surface area contributed by atoms with Gasteiger partial charge in [0.15, 0.2) is 0 Å². The Morgan fingerprint density at radius 3 is 2.55 bits per heavy atom. The second kappa shape index (κ2) is 6.68. The highest BCUT2D eigenvalue weighted by Crippen LogP contribution is 2.25. The van der Waals surface area contributed by atoms with Crippen molar-refractivity contribution in [2.75, 3.05) is 5.32 Å². The molecule has 102 valence electrons. The first-order chi connectivity index (χ1) is 9.54. The lowest BCUT2D eigenvalue weighted by molar-refractivity contribution is -0.111. The molecule has 0 aliphatic heterocycles. The molecule has 1 amide bonds. The first-order valence-corrected chi connectivity index (χ1v) is 6.91. The Labute approximate surface area is 129 Å². The number of carbonyl (C=O) groups is 1. The summed E-state index contributed by atoms with van der Waals surface area (Å²) in [6.07, 6.45) is 2.97. The maximum Gasteiger partial charge on any atom is 0.248 e. The van der Waals surface area contributed by atoms with Crippen LogP contribution in [0.3, 0.4) is 0 Å². The molecule has 2 aromatic carbocycles.